The van der Waals surface area contributed by atoms with Crippen LogP contribution in [0.5, 0.6) is 5.75 Å². The Balaban J connectivity index is 1.53. The van der Waals surface area contributed by atoms with Crippen molar-refractivity contribution in [2.45, 2.75) is 25.8 Å². The third kappa shape index (κ3) is 4.77. The number of benzene rings is 1. The van der Waals surface area contributed by atoms with Gasteiger partial charge in [0.2, 0.25) is 0 Å². The van der Waals surface area contributed by atoms with Gasteiger partial charge in [0.05, 0.1) is 11.7 Å². The summed E-state index contributed by atoms with van der Waals surface area (Å²) in [6, 6.07) is 13.4. The maximum absolute atomic E-state index is 13.4. The zero-order valence-corrected chi connectivity index (χ0v) is 18.4. The Morgan fingerprint density at radius 2 is 2.06 bits per heavy atom. The van der Waals surface area contributed by atoms with E-state index in [0.717, 1.165) is 49.0 Å². The van der Waals surface area contributed by atoms with Crippen LogP contribution < -0.4 is 4.74 Å². The molecule has 2 aromatic heterocycles. The van der Waals surface area contributed by atoms with E-state index in [-0.39, 0.29) is 11.9 Å². The van der Waals surface area contributed by atoms with Gasteiger partial charge in [0, 0.05) is 31.0 Å². The van der Waals surface area contributed by atoms with Gasteiger partial charge in [-0.05, 0) is 64.2 Å². The van der Waals surface area contributed by atoms with E-state index in [1.807, 2.05) is 79.1 Å². The molecular formula is C24H29N5O2. The van der Waals surface area contributed by atoms with Crippen LogP contribution in [0.25, 0.3) is 5.82 Å². The number of likely N-dealkylation sites (tertiary alicyclic amines) is 1. The Labute approximate surface area is 183 Å². The third-order valence-corrected chi connectivity index (χ3v) is 5.57. The van der Waals surface area contributed by atoms with Crippen LogP contribution >= 0.6 is 0 Å². The van der Waals surface area contributed by atoms with Gasteiger partial charge in [-0.15, -0.1) is 0 Å². The molecule has 3 aromatic rings. The van der Waals surface area contributed by atoms with E-state index in [0.29, 0.717) is 12.2 Å². The van der Waals surface area contributed by atoms with Crippen molar-refractivity contribution in [3.8, 4) is 11.6 Å². The molecule has 3 heterocycles. The lowest BCUT2D eigenvalue weighted by atomic mass is 10.1. The van der Waals surface area contributed by atoms with Crippen molar-refractivity contribution in [1.29, 1.82) is 0 Å². The van der Waals surface area contributed by atoms with Crippen molar-refractivity contribution in [3.05, 3.63) is 71.9 Å². The summed E-state index contributed by atoms with van der Waals surface area (Å²) in [5.41, 5.74) is 1.56. The predicted molar refractivity (Wildman–Crippen MR) is 120 cm³/mol. The molecule has 1 aliphatic rings. The molecule has 162 valence electrons. The fourth-order valence-electron chi connectivity index (χ4n) is 3.93. The summed E-state index contributed by atoms with van der Waals surface area (Å²) >= 11 is 0. The molecule has 0 spiro atoms. The number of carbonyl (C=O) groups is 1. The summed E-state index contributed by atoms with van der Waals surface area (Å²) < 4.78 is 7.77. The predicted octanol–water partition coefficient (Wildman–Crippen LogP) is 3.49. The summed E-state index contributed by atoms with van der Waals surface area (Å²) in [5.74, 6) is 2.45. The minimum Gasteiger partial charge on any atom is -0.492 e. The molecule has 0 saturated carbocycles. The number of aromatic nitrogens is 3. The highest BCUT2D eigenvalue weighted by Crippen LogP contribution is 2.33. The van der Waals surface area contributed by atoms with Crippen LogP contribution in [0.15, 0.2) is 54.9 Å². The van der Waals surface area contributed by atoms with E-state index >= 15 is 0 Å². The smallest absolute Gasteiger partial charge is 0.254 e. The van der Waals surface area contributed by atoms with Crippen LogP contribution in [0.3, 0.4) is 0 Å². The minimum absolute atomic E-state index is 0.0200. The molecule has 4 rings (SSSR count). The van der Waals surface area contributed by atoms with Gasteiger partial charge in [-0.2, -0.15) is 0 Å². The molecule has 7 heteroatoms. The van der Waals surface area contributed by atoms with Gasteiger partial charge >= 0.3 is 0 Å². The number of aryl methyl sites for hydroxylation is 1. The number of hydrogen-bond acceptors (Lipinski definition) is 5. The van der Waals surface area contributed by atoms with Crippen molar-refractivity contribution in [2.75, 3.05) is 33.8 Å². The molecule has 1 unspecified atom stereocenters. The van der Waals surface area contributed by atoms with Crippen LogP contribution in [0.1, 0.15) is 40.8 Å². The number of carbonyl (C=O) groups excluding carboxylic acids is 1. The number of nitrogens with zero attached hydrogens (tertiary/aromatic N) is 5. The Morgan fingerprint density at radius 1 is 1.23 bits per heavy atom. The molecule has 1 aliphatic heterocycles. The van der Waals surface area contributed by atoms with Gasteiger partial charge in [0.25, 0.3) is 5.91 Å². The number of rotatable bonds is 7. The van der Waals surface area contributed by atoms with E-state index in [1.165, 1.54) is 0 Å². The Hall–Kier alpha value is -3.19. The highest BCUT2D eigenvalue weighted by Gasteiger charge is 2.32. The standard InChI is InChI=1S/C24H29N5O2/c1-18-25-12-14-28(18)23-11-5-9-21(26-23)22-10-6-13-29(22)24(30)19-7-4-8-20(17-19)31-16-15-27(2)3/h4-5,7-9,11-12,14,17,22H,6,10,13,15-16H2,1-3H3. The first kappa shape index (κ1) is 21.1. The van der Waals surface area contributed by atoms with Crippen LogP contribution in [0.4, 0.5) is 0 Å². The number of hydrogen-bond donors (Lipinski definition) is 0. The Kier molecular flexibility index (Phi) is 6.32. The van der Waals surface area contributed by atoms with Gasteiger partial charge in [0.15, 0.2) is 0 Å². The fraction of sp³-hybridized carbons (Fsp3) is 0.375. The third-order valence-electron chi connectivity index (χ3n) is 5.57. The fourth-order valence-corrected chi connectivity index (χ4v) is 3.93. The molecule has 0 radical (unpaired) electrons. The average molecular weight is 420 g/mol. The van der Waals surface area contributed by atoms with Crippen LogP contribution in [-0.2, 0) is 0 Å². The van der Waals surface area contributed by atoms with Gasteiger partial charge in [0.1, 0.15) is 24.0 Å². The summed E-state index contributed by atoms with van der Waals surface area (Å²) in [6.45, 7) is 4.09. The molecular weight excluding hydrogens is 390 g/mol. The van der Waals surface area contributed by atoms with E-state index in [2.05, 4.69) is 9.88 Å². The number of imidazole rings is 1. The first-order valence-corrected chi connectivity index (χ1v) is 10.7. The molecule has 0 bridgehead atoms. The largest absolute Gasteiger partial charge is 0.492 e. The maximum Gasteiger partial charge on any atom is 0.254 e. The van der Waals surface area contributed by atoms with E-state index in [9.17, 15) is 4.79 Å². The second-order valence-corrected chi connectivity index (χ2v) is 8.10. The molecule has 7 nitrogen and oxygen atoms in total. The normalized spacial score (nSPS) is 16.1. The highest BCUT2D eigenvalue weighted by molar-refractivity contribution is 5.95. The zero-order chi connectivity index (χ0) is 21.8. The van der Waals surface area contributed by atoms with Crippen LogP contribution in [0, 0.1) is 6.92 Å². The summed E-state index contributed by atoms with van der Waals surface area (Å²) in [4.78, 5) is 26.5. The lowest BCUT2D eigenvalue weighted by Gasteiger charge is -2.25. The Bertz CT molecular complexity index is 1050. The number of amides is 1. The van der Waals surface area contributed by atoms with Gasteiger partial charge < -0.3 is 14.5 Å². The molecule has 0 aliphatic carbocycles. The Morgan fingerprint density at radius 3 is 2.84 bits per heavy atom. The topological polar surface area (TPSA) is 63.5 Å². The molecule has 1 aromatic carbocycles. The molecule has 1 fully saturated rings. The molecule has 1 amide bonds. The zero-order valence-electron chi connectivity index (χ0n) is 18.4. The first-order valence-electron chi connectivity index (χ1n) is 10.7. The summed E-state index contributed by atoms with van der Waals surface area (Å²) in [6.07, 6.45) is 5.54. The highest BCUT2D eigenvalue weighted by atomic mass is 16.5. The number of pyridine rings is 1. The summed E-state index contributed by atoms with van der Waals surface area (Å²) in [7, 11) is 4.02. The van der Waals surface area contributed by atoms with Crippen LogP contribution in [-0.4, -0.2) is 64.0 Å². The average Bonchev–Trinajstić information content (AvgIpc) is 3.42. The quantitative estimate of drug-likeness (QED) is 0.587. The van der Waals surface area contributed by atoms with Gasteiger partial charge in [-0.3, -0.25) is 9.36 Å². The SMILES string of the molecule is Cc1nccn1-c1cccc(C2CCCN2C(=O)c2cccc(OCCN(C)C)c2)n1. The van der Waals surface area contributed by atoms with Crippen LogP contribution in [0.2, 0.25) is 0 Å². The van der Waals surface area contributed by atoms with Crippen molar-refractivity contribution >= 4 is 5.91 Å². The lowest BCUT2D eigenvalue weighted by Crippen LogP contribution is -2.31. The summed E-state index contributed by atoms with van der Waals surface area (Å²) in [5, 5.41) is 0. The van der Waals surface area contributed by atoms with Crippen molar-refractivity contribution in [3.63, 3.8) is 0 Å². The molecule has 0 N–H and O–H groups in total. The second kappa shape index (κ2) is 9.31. The number of likely N-dealkylation sites (N-methyl/N-ethyl adjacent to an activating group) is 1. The molecule has 31 heavy (non-hydrogen) atoms. The molecule has 1 atom stereocenters. The monoisotopic (exact) mass is 419 g/mol. The minimum atomic E-state index is -0.0328. The van der Waals surface area contributed by atoms with Gasteiger partial charge in [-0.1, -0.05) is 12.1 Å². The van der Waals surface area contributed by atoms with E-state index in [1.54, 1.807) is 6.20 Å². The van der Waals surface area contributed by atoms with E-state index in [4.69, 9.17) is 9.72 Å². The molecule has 1 saturated heterocycles. The lowest BCUT2D eigenvalue weighted by molar-refractivity contribution is 0.0732. The van der Waals surface area contributed by atoms with Gasteiger partial charge in [-0.25, -0.2) is 9.97 Å². The van der Waals surface area contributed by atoms with Crippen molar-refractivity contribution in [1.82, 2.24) is 24.3 Å². The first-order chi connectivity index (χ1) is 15.0. The number of ether oxygens (including phenoxy) is 1. The van der Waals surface area contributed by atoms with Crippen molar-refractivity contribution in [2.24, 2.45) is 0 Å². The second-order valence-electron chi connectivity index (χ2n) is 8.10. The van der Waals surface area contributed by atoms with Crippen molar-refractivity contribution < 1.29 is 9.53 Å². The van der Waals surface area contributed by atoms with E-state index < -0.39 is 0 Å². The maximum atomic E-state index is 13.4.